The minimum absolute atomic E-state index is 0.665. The van der Waals surface area contributed by atoms with Crippen LogP contribution in [0.1, 0.15) is 5.69 Å². The van der Waals surface area contributed by atoms with Gasteiger partial charge in [0.15, 0.2) is 0 Å². The number of aromatic nitrogens is 2. The molecular formula is C12H13N3S. The Morgan fingerprint density at radius 2 is 1.88 bits per heavy atom. The van der Waals surface area contributed by atoms with Crippen LogP contribution in [0, 0.1) is 6.92 Å². The summed E-state index contributed by atoms with van der Waals surface area (Å²) in [5.41, 5.74) is 0.970. The molecule has 0 amide bonds. The molecule has 4 heteroatoms. The molecular weight excluding hydrogens is 218 g/mol. The van der Waals surface area contributed by atoms with E-state index in [0.29, 0.717) is 5.95 Å². The molecule has 3 nitrogen and oxygen atoms in total. The summed E-state index contributed by atoms with van der Waals surface area (Å²) in [6.07, 6.45) is 0. The van der Waals surface area contributed by atoms with Gasteiger partial charge in [0.25, 0.3) is 0 Å². The summed E-state index contributed by atoms with van der Waals surface area (Å²) in [6, 6.07) is 12.2. The third-order valence-corrected chi connectivity index (χ3v) is 2.95. The first-order chi connectivity index (χ1) is 7.78. The summed E-state index contributed by atoms with van der Waals surface area (Å²) in [5, 5.41) is 3.92. The first kappa shape index (κ1) is 11.0. The van der Waals surface area contributed by atoms with Gasteiger partial charge in [-0.25, -0.2) is 9.97 Å². The average molecular weight is 231 g/mol. The van der Waals surface area contributed by atoms with Gasteiger partial charge in [0.2, 0.25) is 5.95 Å². The molecule has 2 aromatic rings. The van der Waals surface area contributed by atoms with Gasteiger partial charge in [-0.15, -0.1) is 0 Å². The second-order valence-electron chi connectivity index (χ2n) is 3.34. The van der Waals surface area contributed by atoms with Crippen molar-refractivity contribution < 1.29 is 0 Å². The summed E-state index contributed by atoms with van der Waals surface area (Å²) >= 11 is 1.64. The van der Waals surface area contributed by atoms with Crippen LogP contribution in [0.15, 0.2) is 46.3 Å². The maximum atomic E-state index is 4.39. The van der Waals surface area contributed by atoms with Gasteiger partial charge in [0.1, 0.15) is 5.03 Å². The second-order valence-corrected chi connectivity index (χ2v) is 4.43. The number of nitrogens with zero attached hydrogens (tertiary/aromatic N) is 2. The lowest BCUT2D eigenvalue weighted by Gasteiger charge is -2.04. The highest BCUT2D eigenvalue weighted by Gasteiger charge is 2.02. The molecule has 0 bridgehead atoms. The van der Waals surface area contributed by atoms with Crippen molar-refractivity contribution in [2.45, 2.75) is 16.8 Å². The number of hydrogen-bond donors (Lipinski definition) is 1. The first-order valence-electron chi connectivity index (χ1n) is 5.04. The number of rotatable bonds is 3. The van der Waals surface area contributed by atoms with Crippen molar-refractivity contribution in [1.82, 2.24) is 9.97 Å². The molecule has 2 rings (SSSR count). The number of nitrogens with one attached hydrogen (secondary N) is 1. The van der Waals surface area contributed by atoms with Crippen LogP contribution in [0.25, 0.3) is 0 Å². The average Bonchev–Trinajstić information content (AvgIpc) is 2.29. The van der Waals surface area contributed by atoms with Crippen molar-refractivity contribution in [3.8, 4) is 0 Å². The molecule has 0 radical (unpaired) electrons. The van der Waals surface area contributed by atoms with Gasteiger partial charge < -0.3 is 5.32 Å². The molecule has 0 aliphatic heterocycles. The molecule has 1 aromatic heterocycles. The van der Waals surface area contributed by atoms with E-state index in [9.17, 15) is 0 Å². The lowest BCUT2D eigenvalue weighted by Crippen LogP contribution is -1.98. The van der Waals surface area contributed by atoms with E-state index in [2.05, 4.69) is 27.4 Å². The highest BCUT2D eigenvalue weighted by Crippen LogP contribution is 2.26. The van der Waals surface area contributed by atoms with E-state index in [1.54, 1.807) is 11.8 Å². The zero-order chi connectivity index (χ0) is 11.4. The van der Waals surface area contributed by atoms with Crippen molar-refractivity contribution in [1.29, 1.82) is 0 Å². The van der Waals surface area contributed by atoms with Crippen molar-refractivity contribution in [3.05, 3.63) is 42.1 Å². The molecule has 0 spiro atoms. The summed E-state index contributed by atoms with van der Waals surface area (Å²) in [7, 11) is 1.83. The fraction of sp³-hybridized carbons (Fsp3) is 0.167. The Morgan fingerprint density at radius 1 is 1.12 bits per heavy atom. The Labute approximate surface area is 99.3 Å². The highest BCUT2D eigenvalue weighted by atomic mass is 32.2. The fourth-order valence-electron chi connectivity index (χ4n) is 1.31. The van der Waals surface area contributed by atoms with Crippen LogP contribution in [-0.4, -0.2) is 17.0 Å². The minimum Gasteiger partial charge on any atom is -0.357 e. The standard InChI is InChI=1S/C12H13N3S/c1-9-8-11(15-12(13-2)14-9)16-10-6-4-3-5-7-10/h3-8H,1-2H3,(H,13,14,15). The molecule has 1 aromatic carbocycles. The quantitative estimate of drug-likeness (QED) is 0.824. The topological polar surface area (TPSA) is 37.8 Å². The molecule has 16 heavy (non-hydrogen) atoms. The van der Waals surface area contributed by atoms with Gasteiger partial charge in [-0.1, -0.05) is 30.0 Å². The molecule has 0 saturated heterocycles. The SMILES string of the molecule is CNc1nc(C)cc(Sc2ccccc2)n1. The van der Waals surface area contributed by atoms with Gasteiger partial charge in [0, 0.05) is 17.6 Å². The predicted octanol–water partition coefficient (Wildman–Crippen LogP) is 2.98. The highest BCUT2D eigenvalue weighted by molar-refractivity contribution is 7.99. The maximum Gasteiger partial charge on any atom is 0.223 e. The largest absolute Gasteiger partial charge is 0.357 e. The zero-order valence-corrected chi connectivity index (χ0v) is 10.1. The van der Waals surface area contributed by atoms with E-state index >= 15 is 0 Å². The van der Waals surface area contributed by atoms with E-state index in [4.69, 9.17) is 0 Å². The minimum atomic E-state index is 0.665. The number of anilines is 1. The fourth-order valence-corrected chi connectivity index (χ4v) is 2.21. The molecule has 1 N–H and O–H groups in total. The third kappa shape index (κ3) is 2.73. The Balaban J connectivity index is 2.24. The lowest BCUT2D eigenvalue weighted by atomic mass is 10.4. The van der Waals surface area contributed by atoms with E-state index in [0.717, 1.165) is 10.7 Å². The summed E-state index contributed by atoms with van der Waals surface area (Å²) in [6.45, 7) is 1.97. The smallest absolute Gasteiger partial charge is 0.223 e. The Morgan fingerprint density at radius 3 is 2.56 bits per heavy atom. The van der Waals surface area contributed by atoms with Gasteiger partial charge in [-0.2, -0.15) is 0 Å². The lowest BCUT2D eigenvalue weighted by molar-refractivity contribution is 1.01. The molecule has 1 heterocycles. The third-order valence-electron chi connectivity index (χ3n) is 2.02. The van der Waals surface area contributed by atoms with Crippen molar-refractivity contribution >= 4 is 17.7 Å². The van der Waals surface area contributed by atoms with Crippen LogP contribution >= 0.6 is 11.8 Å². The number of benzene rings is 1. The number of hydrogen-bond acceptors (Lipinski definition) is 4. The number of aryl methyl sites for hydroxylation is 1. The van der Waals surface area contributed by atoms with E-state index < -0.39 is 0 Å². The summed E-state index contributed by atoms with van der Waals surface area (Å²) in [5.74, 6) is 0.665. The summed E-state index contributed by atoms with van der Waals surface area (Å²) in [4.78, 5) is 9.83. The Hall–Kier alpha value is -1.55. The van der Waals surface area contributed by atoms with E-state index in [1.165, 1.54) is 4.90 Å². The molecule has 0 aliphatic carbocycles. The van der Waals surface area contributed by atoms with E-state index in [1.807, 2.05) is 38.2 Å². The van der Waals surface area contributed by atoms with Crippen molar-refractivity contribution in [3.63, 3.8) is 0 Å². The summed E-state index contributed by atoms with van der Waals surface area (Å²) < 4.78 is 0. The van der Waals surface area contributed by atoms with Crippen molar-refractivity contribution in [2.24, 2.45) is 0 Å². The van der Waals surface area contributed by atoms with Gasteiger partial charge in [-0.3, -0.25) is 0 Å². The van der Waals surface area contributed by atoms with Crippen LogP contribution < -0.4 is 5.32 Å². The Bertz CT molecular complexity index is 471. The van der Waals surface area contributed by atoms with Crippen LogP contribution in [0.4, 0.5) is 5.95 Å². The molecule has 0 fully saturated rings. The van der Waals surface area contributed by atoms with Crippen LogP contribution in [0.5, 0.6) is 0 Å². The monoisotopic (exact) mass is 231 g/mol. The van der Waals surface area contributed by atoms with Crippen LogP contribution in [0.2, 0.25) is 0 Å². The maximum absolute atomic E-state index is 4.39. The second kappa shape index (κ2) is 4.99. The normalized spacial score (nSPS) is 10.1. The molecule has 82 valence electrons. The molecule has 0 aliphatic rings. The van der Waals surface area contributed by atoms with Gasteiger partial charge >= 0.3 is 0 Å². The van der Waals surface area contributed by atoms with Crippen LogP contribution in [-0.2, 0) is 0 Å². The van der Waals surface area contributed by atoms with Gasteiger partial charge in [-0.05, 0) is 25.1 Å². The molecule has 0 saturated carbocycles. The van der Waals surface area contributed by atoms with E-state index in [-0.39, 0.29) is 0 Å². The first-order valence-corrected chi connectivity index (χ1v) is 5.86. The molecule has 0 unspecified atom stereocenters. The zero-order valence-electron chi connectivity index (χ0n) is 9.27. The van der Waals surface area contributed by atoms with Crippen molar-refractivity contribution in [2.75, 3.05) is 12.4 Å². The molecule has 0 atom stereocenters. The van der Waals surface area contributed by atoms with Crippen LogP contribution in [0.3, 0.4) is 0 Å². The Kier molecular flexibility index (Phi) is 3.41. The van der Waals surface area contributed by atoms with Gasteiger partial charge in [0.05, 0.1) is 0 Å². The predicted molar refractivity (Wildman–Crippen MR) is 66.9 cm³/mol.